The number of carbonyl (C=O) groups excluding carboxylic acids is 2. The number of hydrogen-bond acceptors (Lipinski definition) is 2. The Morgan fingerprint density at radius 2 is 2.00 bits per heavy atom. The molecule has 0 saturated carbocycles. The number of amides is 2. The van der Waals surface area contributed by atoms with Crippen molar-refractivity contribution in [3.63, 3.8) is 0 Å². The molecule has 2 amide bonds. The van der Waals surface area contributed by atoms with Gasteiger partial charge in [-0.05, 0) is 30.2 Å². The summed E-state index contributed by atoms with van der Waals surface area (Å²) in [6.45, 7) is 2.90. The number of benzene rings is 2. The zero-order valence-electron chi connectivity index (χ0n) is 13.5. The smallest absolute Gasteiger partial charge is 0.229 e. The van der Waals surface area contributed by atoms with Gasteiger partial charge < -0.3 is 10.2 Å². The lowest BCUT2D eigenvalue weighted by Gasteiger charge is -2.17. The third-order valence-electron chi connectivity index (χ3n) is 4.26. The second-order valence-electron chi connectivity index (χ2n) is 6.11. The minimum atomic E-state index is -0.334. The summed E-state index contributed by atoms with van der Waals surface area (Å²) in [6, 6.07) is 15.2. The second kappa shape index (κ2) is 7.05. The summed E-state index contributed by atoms with van der Waals surface area (Å²) >= 11 is 5.98. The summed E-state index contributed by atoms with van der Waals surface area (Å²) in [6.07, 6.45) is 0.248. The molecule has 0 radical (unpaired) electrons. The van der Waals surface area contributed by atoms with Gasteiger partial charge in [0.1, 0.15) is 0 Å². The normalized spacial score (nSPS) is 17.2. The van der Waals surface area contributed by atoms with Crippen LogP contribution in [0, 0.1) is 12.8 Å². The summed E-state index contributed by atoms with van der Waals surface area (Å²) in [4.78, 5) is 26.4. The van der Waals surface area contributed by atoms with Crippen LogP contribution in [0.25, 0.3) is 0 Å². The minimum absolute atomic E-state index is 0.0156. The maximum Gasteiger partial charge on any atom is 0.229 e. The lowest BCUT2D eigenvalue weighted by Crippen LogP contribution is -2.28. The highest BCUT2D eigenvalue weighted by Crippen LogP contribution is 2.24. The number of nitrogens with one attached hydrogen (secondary N) is 1. The summed E-state index contributed by atoms with van der Waals surface area (Å²) in [5.74, 6) is -0.453. The molecule has 1 aliphatic rings. The van der Waals surface area contributed by atoms with Crippen LogP contribution in [-0.2, 0) is 16.1 Å². The van der Waals surface area contributed by atoms with Crippen LogP contribution in [0.4, 0.5) is 5.69 Å². The van der Waals surface area contributed by atoms with E-state index in [-0.39, 0.29) is 24.2 Å². The molecule has 0 spiro atoms. The Kier molecular flexibility index (Phi) is 4.86. The Morgan fingerprint density at radius 3 is 2.75 bits per heavy atom. The fourth-order valence-corrected chi connectivity index (χ4v) is 3.04. The molecule has 1 fully saturated rings. The van der Waals surface area contributed by atoms with Gasteiger partial charge in [0.25, 0.3) is 0 Å². The predicted octanol–water partition coefficient (Wildman–Crippen LogP) is 3.64. The summed E-state index contributed by atoms with van der Waals surface area (Å²) < 4.78 is 0. The number of carbonyl (C=O) groups is 2. The largest absolute Gasteiger partial charge is 0.338 e. The molecule has 1 saturated heterocycles. The third kappa shape index (κ3) is 3.77. The predicted molar refractivity (Wildman–Crippen MR) is 94.8 cm³/mol. The van der Waals surface area contributed by atoms with Crippen LogP contribution in [0.3, 0.4) is 0 Å². The van der Waals surface area contributed by atoms with Crippen molar-refractivity contribution < 1.29 is 9.59 Å². The molecule has 1 aliphatic heterocycles. The van der Waals surface area contributed by atoms with E-state index >= 15 is 0 Å². The Labute approximate surface area is 146 Å². The third-order valence-corrected chi connectivity index (χ3v) is 4.49. The molecule has 1 heterocycles. The molecular weight excluding hydrogens is 324 g/mol. The van der Waals surface area contributed by atoms with Crippen LogP contribution in [0.2, 0.25) is 5.02 Å². The topological polar surface area (TPSA) is 49.4 Å². The fraction of sp³-hybridized carbons (Fsp3) is 0.263. The van der Waals surface area contributed by atoms with E-state index in [0.717, 1.165) is 11.1 Å². The number of aryl methyl sites for hydroxylation is 1. The Balaban J connectivity index is 1.64. The maximum atomic E-state index is 12.5. The van der Waals surface area contributed by atoms with E-state index < -0.39 is 0 Å². The van der Waals surface area contributed by atoms with Gasteiger partial charge in [-0.2, -0.15) is 0 Å². The van der Waals surface area contributed by atoms with Gasteiger partial charge in [-0.15, -0.1) is 0 Å². The van der Waals surface area contributed by atoms with Crippen LogP contribution in [-0.4, -0.2) is 23.3 Å². The minimum Gasteiger partial charge on any atom is -0.338 e. The zero-order valence-corrected chi connectivity index (χ0v) is 14.2. The molecule has 0 aliphatic carbocycles. The average Bonchev–Trinajstić information content (AvgIpc) is 2.93. The Bertz CT molecular complexity index is 761. The van der Waals surface area contributed by atoms with E-state index in [1.807, 2.05) is 43.3 Å². The summed E-state index contributed by atoms with van der Waals surface area (Å²) in [5, 5.41) is 3.47. The highest BCUT2D eigenvalue weighted by atomic mass is 35.5. The number of hydrogen-bond donors (Lipinski definition) is 1. The molecule has 0 unspecified atom stereocenters. The van der Waals surface area contributed by atoms with Gasteiger partial charge in [-0.25, -0.2) is 0 Å². The van der Waals surface area contributed by atoms with Gasteiger partial charge in [0.15, 0.2) is 0 Å². The summed E-state index contributed by atoms with van der Waals surface area (Å²) in [5.41, 5.74) is 2.71. The van der Waals surface area contributed by atoms with Crippen molar-refractivity contribution in [1.82, 2.24) is 4.90 Å². The molecule has 2 aromatic rings. The van der Waals surface area contributed by atoms with Gasteiger partial charge in [0.2, 0.25) is 11.8 Å². The Hall–Kier alpha value is -2.33. The van der Waals surface area contributed by atoms with E-state index in [2.05, 4.69) is 5.32 Å². The summed E-state index contributed by atoms with van der Waals surface area (Å²) in [7, 11) is 0. The van der Waals surface area contributed by atoms with Crippen LogP contribution in [0.1, 0.15) is 17.5 Å². The number of anilines is 1. The number of halogens is 1. The monoisotopic (exact) mass is 342 g/mol. The van der Waals surface area contributed by atoms with Crippen LogP contribution in [0.5, 0.6) is 0 Å². The van der Waals surface area contributed by atoms with E-state index in [1.165, 1.54) is 0 Å². The van der Waals surface area contributed by atoms with Gasteiger partial charge >= 0.3 is 0 Å². The average molecular weight is 343 g/mol. The van der Waals surface area contributed by atoms with Crippen LogP contribution in [0.15, 0.2) is 48.5 Å². The van der Waals surface area contributed by atoms with Crippen LogP contribution < -0.4 is 5.32 Å². The molecule has 124 valence electrons. The molecule has 4 nitrogen and oxygen atoms in total. The molecule has 0 aromatic heterocycles. The standard InChI is InChI=1S/C19H19ClN2O2/c1-13-7-8-16(20)10-17(13)21-19(24)15-9-18(23)22(12-15)11-14-5-3-2-4-6-14/h2-8,10,15H,9,11-12H2,1H3,(H,21,24)/t15-/m0/s1. The molecule has 1 atom stereocenters. The van der Waals surface area contributed by atoms with Gasteiger partial charge in [-0.3, -0.25) is 9.59 Å². The molecule has 3 rings (SSSR count). The quantitative estimate of drug-likeness (QED) is 0.922. The van der Waals surface area contributed by atoms with E-state index in [4.69, 9.17) is 11.6 Å². The first-order chi connectivity index (χ1) is 11.5. The van der Waals surface area contributed by atoms with Gasteiger partial charge in [-0.1, -0.05) is 48.0 Å². The SMILES string of the molecule is Cc1ccc(Cl)cc1NC(=O)[C@H]1CC(=O)N(Cc2ccccc2)C1. The molecule has 1 N–H and O–H groups in total. The van der Waals surface area contributed by atoms with Crippen molar-refractivity contribution in [2.75, 3.05) is 11.9 Å². The van der Waals surface area contributed by atoms with Crippen molar-refractivity contribution in [2.24, 2.45) is 5.92 Å². The van der Waals surface area contributed by atoms with E-state index in [1.54, 1.807) is 17.0 Å². The fourth-order valence-electron chi connectivity index (χ4n) is 2.87. The lowest BCUT2D eigenvalue weighted by molar-refractivity contribution is -0.128. The van der Waals surface area contributed by atoms with E-state index in [0.29, 0.717) is 23.8 Å². The molecular formula is C19H19ClN2O2. The molecule has 24 heavy (non-hydrogen) atoms. The van der Waals surface area contributed by atoms with E-state index in [9.17, 15) is 9.59 Å². The first-order valence-corrected chi connectivity index (χ1v) is 8.29. The molecule has 2 aromatic carbocycles. The Morgan fingerprint density at radius 1 is 1.25 bits per heavy atom. The van der Waals surface area contributed by atoms with Crippen molar-refractivity contribution in [2.45, 2.75) is 19.9 Å². The first kappa shape index (κ1) is 16.5. The molecule has 0 bridgehead atoms. The van der Waals surface area contributed by atoms with Gasteiger partial charge in [0.05, 0.1) is 5.92 Å². The van der Waals surface area contributed by atoms with Gasteiger partial charge in [0, 0.05) is 30.2 Å². The molecule has 5 heteroatoms. The maximum absolute atomic E-state index is 12.5. The zero-order chi connectivity index (χ0) is 17.1. The van der Waals surface area contributed by atoms with Crippen molar-refractivity contribution in [1.29, 1.82) is 0 Å². The van der Waals surface area contributed by atoms with Crippen molar-refractivity contribution >= 4 is 29.1 Å². The second-order valence-corrected chi connectivity index (χ2v) is 6.55. The highest BCUT2D eigenvalue weighted by molar-refractivity contribution is 6.31. The van der Waals surface area contributed by atoms with Crippen LogP contribution >= 0.6 is 11.6 Å². The highest BCUT2D eigenvalue weighted by Gasteiger charge is 2.34. The lowest BCUT2D eigenvalue weighted by atomic mass is 10.1. The number of rotatable bonds is 4. The van der Waals surface area contributed by atoms with Crippen molar-refractivity contribution in [3.05, 3.63) is 64.7 Å². The van der Waals surface area contributed by atoms with Crippen molar-refractivity contribution in [3.8, 4) is 0 Å². The number of nitrogens with zero attached hydrogens (tertiary/aromatic N) is 1. The first-order valence-electron chi connectivity index (χ1n) is 7.91. The number of likely N-dealkylation sites (tertiary alicyclic amines) is 1.